The van der Waals surface area contributed by atoms with Gasteiger partial charge in [-0.25, -0.2) is 8.42 Å². The number of benzene rings is 2. The van der Waals surface area contributed by atoms with Gasteiger partial charge in [-0.1, -0.05) is 18.2 Å². The molecular formula is C14H14INO2S. The summed E-state index contributed by atoms with van der Waals surface area (Å²) in [7, 11) is -3.49. The Hall–Kier alpha value is -1.08. The molecule has 2 rings (SSSR count). The maximum absolute atomic E-state index is 12.6. The average molecular weight is 387 g/mol. The lowest BCUT2D eigenvalue weighted by Gasteiger charge is -2.22. The first-order valence-corrected chi connectivity index (χ1v) is 8.41. The van der Waals surface area contributed by atoms with Gasteiger partial charge < -0.3 is 0 Å². The smallest absolute Gasteiger partial charge is 0.264 e. The molecule has 0 aliphatic rings. The van der Waals surface area contributed by atoms with Crippen LogP contribution >= 0.6 is 22.6 Å². The number of halogens is 1. The molecule has 100 valence electrons. The quantitative estimate of drug-likeness (QED) is 0.754. The molecule has 0 saturated heterocycles. The summed E-state index contributed by atoms with van der Waals surface area (Å²) in [5, 5.41) is 0. The van der Waals surface area contributed by atoms with Crippen LogP contribution in [0.25, 0.3) is 0 Å². The van der Waals surface area contributed by atoms with E-state index in [0.717, 1.165) is 3.57 Å². The van der Waals surface area contributed by atoms with E-state index in [4.69, 9.17) is 0 Å². The second-order valence-corrected chi connectivity index (χ2v) is 7.07. The standard InChI is InChI=1S/C14H14INO2S/c1-2-16(13-10-8-12(15)9-11-13)19(17,18)14-6-4-3-5-7-14/h3-11H,2H2,1H3. The third kappa shape index (κ3) is 3.09. The van der Waals surface area contributed by atoms with Crippen molar-refractivity contribution >= 4 is 38.3 Å². The Morgan fingerprint density at radius 1 is 1.00 bits per heavy atom. The Kier molecular flexibility index (Phi) is 4.46. The van der Waals surface area contributed by atoms with Gasteiger partial charge in [0.05, 0.1) is 10.6 Å². The average Bonchev–Trinajstić information content (AvgIpc) is 2.42. The van der Waals surface area contributed by atoms with Crippen molar-refractivity contribution in [3.05, 3.63) is 58.2 Å². The second-order valence-electron chi connectivity index (χ2n) is 3.96. The molecule has 5 heteroatoms. The zero-order chi connectivity index (χ0) is 13.9. The van der Waals surface area contributed by atoms with Crippen LogP contribution in [0.2, 0.25) is 0 Å². The molecule has 0 radical (unpaired) electrons. The van der Waals surface area contributed by atoms with Crippen molar-refractivity contribution in [1.82, 2.24) is 0 Å². The molecule has 0 aliphatic carbocycles. The summed E-state index contributed by atoms with van der Waals surface area (Å²) >= 11 is 2.20. The van der Waals surface area contributed by atoms with Gasteiger partial charge in [-0.2, -0.15) is 0 Å². The van der Waals surface area contributed by atoms with Crippen LogP contribution in [-0.2, 0) is 10.0 Å². The summed E-state index contributed by atoms with van der Waals surface area (Å²) in [5.41, 5.74) is 0.687. The molecule has 0 bridgehead atoms. The van der Waals surface area contributed by atoms with Gasteiger partial charge in [0.25, 0.3) is 10.0 Å². The number of hydrogen-bond donors (Lipinski definition) is 0. The Bertz CT molecular complexity index is 639. The van der Waals surface area contributed by atoms with Crippen LogP contribution in [0.4, 0.5) is 5.69 Å². The van der Waals surface area contributed by atoms with E-state index in [2.05, 4.69) is 22.6 Å². The monoisotopic (exact) mass is 387 g/mol. The normalized spacial score (nSPS) is 11.3. The summed E-state index contributed by atoms with van der Waals surface area (Å²) in [6.45, 7) is 2.23. The largest absolute Gasteiger partial charge is 0.267 e. The number of sulfonamides is 1. The number of hydrogen-bond acceptors (Lipinski definition) is 2. The SMILES string of the molecule is CCN(c1ccc(I)cc1)S(=O)(=O)c1ccccc1. The van der Waals surface area contributed by atoms with Crippen LogP contribution in [0.3, 0.4) is 0 Å². The molecule has 3 nitrogen and oxygen atoms in total. The van der Waals surface area contributed by atoms with E-state index in [1.807, 2.05) is 31.2 Å². The van der Waals surface area contributed by atoms with E-state index >= 15 is 0 Å². The van der Waals surface area contributed by atoms with E-state index in [9.17, 15) is 8.42 Å². The molecule has 2 aromatic carbocycles. The molecule has 0 aromatic heterocycles. The third-order valence-electron chi connectivity index (χ3n) is 2.73. The minimum absolute atomic E-state index is 0.315. The van der Waals surface area contributed by atoms with Crippen molar-refractivity contribution in [1.29, 1.82) is 0 Å². The molecule has 0 spiro atoms. The van der Waals surface area contributed by atoms with Gasteiger partial charge in [0.2, 0.25) is 0 Å². The minimum atomic E-state index is -3.49. The van der Waals surface area contributed by atoms with E-state index in [0.29, 0.717) is 17.1 Å². The highest BCUT2D eigenvalue weighted by molar-refractivity contribution is 14.1. The van der Waals surface area contributed by atoms with Gasteiger partial charge in [-0.15, -0.1) is 0 Å². The highest BCUT2D eigenvalue weighted by atomic mass is 127. The second kappa shape index (κ2) is 5.92. The number of anilines is 1. The fourth-order valence-corrected chi connectivity index (χ4v) is 3.67. The van der Waals surface area contributed by atoms with Crippen LogP contribution in [0.5, 0.6) is 0 Å². The molecule has 0 N–H and O–H groups in total. The van der Waals surface area contributed by atoms with E-state index in [-0.39, 0.29) is 0 Å². The van der Waals surface area contributed by atoms with Crippen LogP contribution < -0.4 is 4.31 Å². The zero-order valence-corrected chi connectivity index (χ0v) is 13.4. The van der Waals surface area contributed by atoms with Crippen molar-refractivity contribution < 1.29 is 8.42 Å². The van der Waals surface area contributed by atoms with Gasteiger partial charge in [0.15, 0.2) is 0 Å². The Morgan fingerprint density at radius 3 is 2.11 bits per heavy atom. The first kappa shape index (κ1) is 14.3. The van der Waals surface area contributed by atoms with Gasteiger partial charge >= 0.3 is 0 Å². The van der Waals surface area contributed by atoms with E-state index < -0.39 is 10.0 Å². The lowest BCUT2D eigenvalue weighted by molar-refractivity contribution is 0.592. The molecule has 0 atom stereocenters. The van der Waals surface area contributed by atoms with Crippen LogP contribution in [0.1, 0.15) is 6.92 Å². The minimum Gasteiger partial charge on any atom is -0.267 e. The fourth-order valence-electron chi connectivity index (χ4n) is 1.82. The van der Waals surface area contributed by atoms with Gasteiger partial charge in [0.1, 0.15) is 0 Å². The molecule has 0 heterocycles. The number of rotatable bonds is 4. The summed E-state index contributed by atoms with van der Waals surface area (Å²) in [6, 6.07) is 16.0. The summed E-state index contributed by atoms with van der Waals surface area (Å²) in [6.07, 6.45) is 0. The molecule has 0 unspecified atom stereocenters. The maximum Gasteiger partial charge on any atom is 0.264 e. The van der Waals surface area contributed by atoms with Crippen molar-refractivity contribution in [2.75, 3.05) is 10.8 Å². The molecule has 0 fully saturated rings. The van der Waals surface area contributed by atoms with Crippen LogP contribution in [0, 0.1) is 3.57 Å². The summed E-state index contributed by atoms with van der Waals surface area (Å²) in [5.74, 6) is 0. The fraction of sp³-hybridized carbons (Fsp3) is 0.143. The van der Waals surface area contributed by atoms with Crippen LogP contribution in [-0.4, -0.2) is 15.0 Å². The van der Waals surface area contributed by atoms with Crippen molar-refractivity contribution in [3.63, 3.8) is 0 Å². The Morgan fingerprint density at radius 2 is 1.58 bits per heavy atom. The first-order valence-electron chi connectivity index (χ1n) is 5.89. The van der Waals surface area contributed by atoms with Crippen LogP contribution in [0.15, 0.2) is 59.5 Å². The molecule has 19 heavy (non-hydrogen) atoms. The lowest BCUT2D eigenvalue weighted by atomic mass is 10.3. The van der Waals surface area contributed by atoms with E-state index in [1.165, 1.54) is 4.31 Å². The molecule has 0 saturated carbocycles. The highest BCUT2D eigenvalue weighted by Crippen LogP contribution is 2.23. The lowest BCUT2D eigenvalue weighted by Crippen LogP contribution is -2.30. The Labute approximate surface area is 127 Å². The molecule has 0 aliphatic heterocycles. The predicted octanol–water partition coefficient (Wildman–Crippen LogP) is 3.51. The predicted molar refractivity (Wildman–Crippen MR) is 85.8 cm³/mol. The summed E-state index contributed by atoms with van der Waals surface area (Å²) < 4.78 is 27.6. The van der Waals surface area contributed by atoms with Crippen molar-refractivity contribution in [2.45, 2.75) is 11.8 Å². The molecule has 2 aromatic rings. The molecular weight excluding hydrogens is 373 g/mol. The molecule has 0 amide bonds. The third-order valence-corrected chi connectivity index (χ3v) is 5.37. The van der Waals surface area contributed by atoms with Gasteiger partial charge in [-0.05, 0) is 65.9 Å². The van der Waals surface area contributed by atoms with Crippen molar-refractivity contribution in [3.8, 4) is 0 Å². The van der Waals surface area contributed by atoms with E-state index in [1.54, 1.807) is 30.3 Å². The van der Waals surface area contributed by atoms with Crippen molar-refractivity contribution in [2.24, 2.45) is 0 Å². The maximum atomic E-state index is 12.6. The Balaban J connectivity index is 2.45. The highest BCUT2D eigenvalue weighted by Gasteiger charge is 2.22. The summed E-state index contributed by atoms with van der Waals surface area (Å²) in [4.78, 5) is 0.315. The topological polar surface area (TPSA) is 37.4 Å². The number of nitrogens with zero attached hydrogens (tertiary/aromatic N) is 1. The first-order chi connectivity index (χ1) is 9.05. The zero-order valence-electron chi connectivity index (χ0n) is 10.5. The van der Waals surface area contributed by atoms with Gasteiger partial charge in [-0.3, -0.25) is 4.31 Å². The van der Waals surface area contributed by atoms with Gasteiger partial charge in [0, 0.05) is 10.1 Å².